The second-order valence-electron chi connectivity index (χ2n) is 8.61. The summed E-state index contributed by atoms with van der Waals surface area (Å²) in [5, 5.41) is 13.3. The van der Waals surface area contributed by atoms with Crippen LogP contribution in [-0.4, -0.2) is 81.8 Å². The molecule has 2 aromatic rings. The first-order chi connectivity index (χ1) is 13.5. The molecule has 0 spiro atoms. The summed E-state index contributed by atoms with van der Waals surface area (Å²) in [7, 11) is 2.15. The Morgan fingerprint density at radius 1 is 1.07 bits per heavy atom. The Hall–Kier alpha value is -2.22. The number of aromatic nitrogens is 4. The highest BCUT2D eigenvalue weighted by molar-refractivity contribution is 5.76. The number of piperidine rings is 1. The van der Waals surface area contributed by atoms with Crippen LogP contribution in [0.5, 0.6) is 0 Å². The molecule has 0 aliphatic carbocycles. The Morgan fingerprint density at radius 2 is 1.79 bits per heavy atom. The molecule has 2 fully saturated rings. The predicted octanol–water partition coefficient (Wildman–Crippen LogP) is 1.31. The maximum Gasteiger partial charge on any atom is 0.223 e. The van der Waals surface area contributed by atoms with Gasteiger partial charge in [-0.05, 0) is 37.4 Å². The van der Waals surface area contributed by atoms with E-state index in [0.717, 1.165) is 56.6 Å². The van der Waals surface area contributed by atoms with Crippen molar-refractivity contribution < 1.29 is 4.79 Å². The maximum atomic E-state index is 12.7. The summed E-state index contributed by atoms with van der Waals surface area (Å²) in [6.45, 7) is 10.2. The predicted molar refractivity (Wildman–Crippen MR) is 108 cm³/mol. The Labute approximate surface area is 166 Å². The molecule has 0 N–H and O–H groups in total. The summed E-state index contributed by atoms with van der Waals surface area (Å²) < 4.78 is 1.81. The molecule has 0 bridgehead atoms. The van der Waals surface area contributed by atoms with Gasteiger partial charge in [0.15, 0.2) is 11.5 Å². The van der Waals surface area contributed by atoms with Crippen molar-refractivity contribution in [2.45, 2.75) is 33.1 Å². The standard InChI is InChI=1S/C20H31N7O/c1-15-12-16(2)14-26(13-15)20(28)7-6-18-22-21-17-4-5-19(23-27(17)18)25-10-8-24(3)9-11-25/h4-5,15-16H,6-14H2,1-3H3. The number of amides is 1. The number of likely N-dealkylation sites (N-methyl/N-ethyl adjacent to an activating group) is 1. The zero-order valence-electron chi connectivity index (χ0n) is 17.2. The number of likely N-dealkylation sites (tertiary alicyclic amines) is 1. The molecule has 2 aliphatic heterocycles. The van der Waals surface area contributed by atoms with Gasteiger partial charge in [-0.1, -0.05) is 13.8 Å². The van der Waals surface area contributed by atoms with Crippen LogP contribution in [0.3, 0.4) is 0 Å². The van der Waals surface area contributed by atoms with Gasteiger partial charge in [0.05, 0.1) is 0 Å². The summed E-state index contributed by atoms with van der Waals surface area (Å²) >= 11 is 0. The van der Waals surface area contributed by atoms with E-state index in [2.05, 4.69) is 40.9 Å². The largest absolute Gasteiger partial charge is 0.353 e. The Morgan fingerprint density at radius 3 is 2.50 bits per heavy atom. The number of carbonyl (C=O) groups is 1. The molecule has 2 saturated heterocycles. The van der Waals surface area contributed by atoms with E-state index in [-0.39, 0.29) is 5.91 Å². The first kappa shape index (κ1) is 19.1. The molecule has 0 saturated carbocycles. The SMILES string of the molecule is CC1CC(C)CN(C(=O)CCc2nnc3ccc(N4CCN(C)CC4)nn23)C1. The van der Waals surface area contributed by atoms with Crippen molar-refractivity contribution in [3.8, 4) is 0 Å². The molecule has 2 unspecified atom stereocenters. The number of carbonyl (C=O) groups excluding carboxylic acids is 1. The zero-order valence-corrected chi connectivity index (χ0v) is 17.2. The topological polar surface area (TPSA) is 69.9 Å². The van der Waals surface area contributed by atoms with E-state index in [1.54, 1.807) is 0 Å². The number of hydrogen-bond donors (Lipinski definition) is 0. The highest BCUT2D eigenvalue weighted by Gasteiger charge is 2.25. The third kappa shape index (κ3) is 4.11. The molecule has 1 amide bonds. The van der Waals surface area contributed by atoms with Gasteiger partial charge in [-0.15, -0.1) is 15.3 Å². The zero-order chi connectivity index (χ0) is 19.7. The fourth-order valence-corrected chi connectivity index (χ4v) is 4.43. The molecule has 8 nitrogen and oxygen atoms in total. The smallest absolute Gasteiger partial charge is 0.223 e. The van der Waals surface area contributed by atoms with Gasteiger partial charge in [-0.25, -0.2) is 0 Å². The van der Waals surface area contributed by atoms with Gasteiger partial charge < -0.3 is 14.7 Å². The summed E-state index contributed by atoms with van der Waals surface area (Å²) in [6, 6.07) is 3.98. The first-order valence-electron chi connectivity index (χ1n) is 10.4. The van der Waals surface area contributed by atoms with Gasteiger partial charge in [-0.2, -0.15) is 4.52 Å². The quantitative estimate of drug-likeness (QED) is 0.791. The van der Waals surface area contributed by atoms with E-state index in [9.17, 15) is 4.79 Å². The van der Waals surface area contributed by atoms with Crippen LogP contribution in [0.25, 0.3) is 5.65 Å². The van der Waals surface area contributed by atoms with E-state index >= 15 is 0 Å². The molecule has 28 heavy (non-hydrogen) atoms. The Balaban J connectivity index is 1.43. The molecule has 4 heterocycles. The van der Waals surface area contributed by atoms with Gasteiger partial charge in [0, 0.05) is 52.1 Å². The number of nitrogens with zero attached hydrogens (tertiary/aromatic N) is 7. The van der Waals surface area contributed by atoms with E-state index in [4.69, 9.17) is 5.10 Å². The third-order valence-corrected chi connectivity index (χ3v) is 5.92. The average Bonchev–Trinajstić information content (AvgIpc) is 3.08. The molecule has 2 aromatic heterocycles. The second kappa shape index (κ2) is 8.03. The average molecular weight is 386 g/mol. The molecular formula is C20H31N7O. The summed E-state index contributed by atoms with van der Waals surface area (Å²) in [5.74, 6) is 3.08. The molecular weight excluding hydrogens is 354 g/mol. The lowest BCUT2D eigenvalue weighted by Crippen LogP contribution is -2.45. The van der Waals surface area contributed by atoms with Gasteiger partial charge in [0.2, 0.25) is 5.91 Å². The van der Waals surface area contributed by atoms with Crippen molar-refractivity contribution in [2.75, 3.05) is 51.2 Å². The van der Waals surface area contributed by atoms with Crippen LogP contribution in [0.1, 0.15) is 32.5 Å². The van der Waals surface area contributed by atoms with Crippen molar-refractivity contribution in [3.05, 3.63) is 18.0 Å². The first-order valence-corrected chi connectivity index (χ1v) is 10.4. The summed E-state index contributed by atoms with van der Waals surface area (Å²) in [6.07, 6.45) is 2.23. The minimum atomic E-state index is 0.213. The van der Waals surface area contributed by atoms with Crippen LogP contribution in [0.2, 0.25) is 0 Å². The Kier molecular flexibility index (Phi) is 5.48. The maximum absolute atomic E-state index is 12.7. The van der Waals surface area contributed by atoms with Crippen molar-refractivity contribution in [2.24, 2.45) is 11.8 Å². The molecule has 2 aliphatic rings. The molecule has 0 aromatic carbocycles. The number of anilines is 1. The van der Waals surface area contributed by atoms with Gasteiger partial charge in [-0.3, -0.25) is 4.79 Å². The fourth-order valence-electron chi connectivity index (χ4n) is 4.43. The minimum Gasteiger partial charge on any atom is -0.353 e. The molecule has 4 rings (SSSR count). The van der Waals surface area contributed by atoms with Gasteiger partial charge in [0.1, 0.15) is 5.82 Å². The normalized spacial score (nSPS) is 24.1. The Bertz CT molecular complexity index is 817. The van der Waals surface area contributed by atoms with Gasteiger partial charge in [0.25, 0.3) is 0 Å². The van der Waals surface area contributed by atoms with Crippen LogP contribution in [-0.2, 0) is 11.2 Å². The summed E-state index contributed by atoms with van der Waals surface area (Å²) in [4.78, 5) is 19.3. The number of aryl methyl sites for hydroxylation is 1. The molecule has 8 heteroatoms. The molecule has 152 valence electrons. The molecule has 0 radical (unpaired) electrons. The number of piperazine rings is 1. The van der Waals surface area contributed by atoms with Crippen molar-refractivity contribution >= 4 is 17.4 Å². The van der Waals surface area contributed by atoms with Crippen LogP contribution in [0.4, 0.5) is 5.82 Å². The molecule has 2 atom stereocenters. The second-order valence-corrected chi connectivity index (χ2v) is 8.61. The van der Waals surface area contributed by atoms with Crippen molar-refractivity contribution in [1.82, 2.24) is 29.6 Å². The van der Waals surface area contributed by atoms with E-state index in [1.807, 2.05) is 21.5 Å². The minimum absolute atomic E-state index is 0.213. The van der Waals surface area contributed by atoms with Crippen LogP contribution in [0.15, 0.2) is 12.1 Å². The van der Waals surface area contributed by atoms with E-state index in [0.29, 0.717) is 24.7 Å². The van der Waals surface area contributed by atoms with E-state index in [1.165, 1.54) is 6.42 Å². The monoisotopic (exact) mass is 385 g/mol. The highest BCUT2D eigenvalue weighted by atomic mass is 16.2. The fraction of sp³-hybridized carbons (Fsp3) is 0.700. The van der Waals surface area contributed by atoms with Crippen LogP contribution in [0, 0.1) is 11.8 Å². The number of rotatable bonds is 4. The highest BCUT2D eigenvalue weighted by Crippen LogP contribution is 2.22. The van der Waals surface area contributed by atoms with Crippen LogP contribution < -0.4 is 4.90 Å². The number of hydrogen-bond acceptors (Lipinski definition) is 6. The number of fused-ring (bicyclic) bond motifs is 1. The lowest BCUT2D eigenvalue weighted by molar-refractivity contribution is -0.133. The van der Waals surface area contributed by atoms with Crippen molar-refractivity contribution in [3.63, 3.8) is 0 Å². The van der Waals surface area contributed by atoms with Crippen LogP contribution >= 0.6 is 0 Å². The summed E-state index contributed by atoms with van der Waals surface area (Å²) in [5.41, 5.74) is 0.737. The van der Waals surface area contributed by atoms with E-state index < -0.39 is 0 Å². The van der Waals surface area contributed by atoms with Gasteiger partial charge >= 0.3 is 0 Å². The third-order valence-electron chi connectivity index (χ3n) is 5.92. The van der Waals surface area contributed by atoms with Crippen molar-refractivity contribution in [1.29, 1.82) is 0 Å². The lowest BCUT2D eigenvalue weighted by Gasteiger charge is -2.35. The lowest BCUT2D eigenvalue weighted by atomic mass is 9.91.